The van der Waals surface area contributed by atoms with E-state index in [0.717, 1.165) is 31.1 Å². The van der Waals surface area contributed by atoms with Gasteiger partial charge in [0, 0.05) is 32.6 Å². The number of benzene rings is 1. The van der Waals surface area contributed by atoms with Gasteiger partial charge in [-0.15, -0.1) is 0 Å². The van der Waals surface area contributed by atoms with Crippen LogP contribution in [0.3, 0.4) is 0 Å². The molecule has 1 amide bonds. The summed E-state index contributed by atoms with van der Waals surface area (Å²) in [7, 11) is -3.47. The van der Waals surface area contributed by atoms with E-state index in [0.29, 0.717) is 43.4 Å². The van der Waals surface area contributed by atoms with Gasteiger partial charge in [0.1, 0.15) is 0 Å². The number of amides is 1. The second-order valence-electron chi connectivity index (χ2n) is 9.21. The summed E-state index contributed by atoms with van der Waals surface area (Å²) in [6.07, 6.45) is 9.02. The normalized spacial score (nSPS) is 30.0. The Balaban J connectivity index is 1.20. The van der Waals surface area contributed by atoms with E-state index in [1.165, 1.54) is 36.8 Å². The van der Waals surface area contributed by atoms with Crippen LogP contribution in [0.5, 0.6) is 0 Å². The lowest BCUT2D eigenvalue weighted by molar-refractivity contribution is -0.133. The Morgan fingerprint density at radius 1 is 1.00 bits per heavy atom. The SMILES string of the molecule is O=C(C[C@H]1C[C@H]2CC[C@@H]1C2)N1CCN(S(=O)(=O)c2ccc3c(c2)CCC3)CC1. The van der Waals surface area contributed by atoms with Gasteiger partial charge in [0.25, 0.3) is 0 Å². The lowest BCUT2D eigenvalue weighted by Gasteiger charge is -2.35. The van der Waals surface area contributed by atoms with Crippen LogP contribution in [0.2, 0.25) is 0 Å². The Bertz CT molecular complexity index is 874. The third-order valence-electron chi connectivity index (χ3n) is 7.62. The van der Waals surface area contributed by atoms with Crippen LogP contribution in [0.1, 0.15) is 49.7 Å². The molecule has 6 heteroatoms. The topological polar surface area (TPSA) is 57.7 Å². The second-order valence-corrected chi connectivity index (χ2v) is 11.1. The van der Waals surface area contributed by atoms with E-state index in [1.807, 2.05) is 17.0 Å². The lowest BCUT2D eigenvalue weighted by atomic mass is 9.86. The zero-order chi connectivity index (χ0) is 19.3. The summed E-state index contributed by atoms with van der Waals surface area (Å²) < 4.78 is 27.7. The molecular weight excluding hydrogens is 372 g/mol. The summed E-state index contributed by atoms with van der Waals surface area (Å²) in [5.41, 5.74) is 2.47. The molecule has 1 heterocycles. The van der Waals surface area contributed by atoms with Crippen molar-refractivity contribution in [3.63, 3.8) is 0 Å². The summed E-state index contributed by atoms with van der Waals surface area (Å²) in [6.45, 7) is 1.84. The van der Waals surface area contributed by atoms with Gasteiger partial charge in [-0.1, -0.05) is 12.5 Å². The van der Waals surface area contributed by atoms with Gasteiger partial charge in [-0.2, -0.15) is 4.31 Å². The lowest BCUT2D eigenvalue weighted by Crippen LogP contribution is -2.50. The number of rotatable bonds is 4. The van der Waals surface area contributed by atoms with Crippen LogP contribution in [0.25, 0.3) is 0 Å². The van der Waals surface area contributed by atoms with Gasteiger partial charge in [-0.05, 0) is 79.5 Å². The highest BCUT2D eigenvalue weighted by Crippen LogP contribution is 2.49. The molecular formula is C22H30N2O3S. The maximum atomic E-state index is 13.1. The fraction of sp³-hybridized carbons (Fsp3) is 0.682. The molecule has 3 atom stereocenters. The number of sulfonamides is 1. The number of nitrogens with zero attached hydrogens (tertiary/aromatic N) is 2. The number of piperazine rings is 1. The standard InChI is InChI=1S/C22H30N2O3S/c25-22(15-20-13-16-4-5-19(20)12-16)23-8-10-24(11-9-23)28(26,27)21-7-6-17-2-1-3-18(17)14-21/h6-7,14,16,19-20H,1-5,8-13,15H2/t16-,19+,20+/m0/s1. The smallest absolute Gasteiger partial charge is 0.243 e. The maximum absolute atomic E-state index is 13.1. The molecule has 28 heavy (non-hydrogen) atoms. The maximum Gasteiger partial charge on any atom is 0.243 e. The Morgan fingerprint density at radius 2 is 1.79 bits per heavy atom. The first kappa shape index (κ1) is 18.6. The Morgan fingerprint density at radius 3 is 2.50 bits per heavy atom. The van der Waals surface area contributed by atoms with E-state index in [4.69, 9.17) is 0 Å². The van der Waals surface area contributed by atoms with Gasteiger partial charge < -0.3 is 4.90 Å². The highest BCUT2D eigenvalue weighted by atomic mass is 32.2. The minimum Gasteiger partial charge on any atom is -0.340 e. The van der Waals surface area contributed by atoms with E-state index in [9.17, 15) is 13.2 Å². The van der Waals surface area contributed by atoms with Crippen LogP contribution >= 0.6 is 0 Å². The minimum atomic E-state index is -3.47. The summed E-state index contributed by atoms with van der Waals surface area (Å²) in [6, 6.07) is 5.60. The average Bonchev–Trinajstić information content (AvgIpc) is 3.44. The molecule has 1 aromatic carbocycles. The van der Waals surface area contributed by atoms with Crippen molar-refractivity contribution >= 4 is 15.9 Å². The van der Waals surface area contributed by atoms with E-state index >= 15 is 0 Å². The van der Waals surface area contributed by atoms with Gasteiger partial charge in [-0.25, -0.2) is 8.42 Å². The molecule has 152 valence electrons. The average molecular weight is 403 g/mol. The number of fused-ring (bicyclic) bond motifs is 3. The molecule has 0 spiro atoms. The van der Waals surface area contributed by atoms with Gasteiger partial charge >= 0.3 is 0 Å². The molecule has 5 nitrogen and oxygen atoms in total. The highest BCUT2D eigenvalue weighted by molar-refractivity contribution is 7.89. The second kappa shape index (κ2) is 7.13. The number of hydrogen-bond acceptors (Lipinski definition) is 3. The van der Waals surface area contributed by atoms with Crippen LogP contribution < -0.4 is 0 Å². The van der Waals surface area contributed by atoms with Crippen molar-refractivity contribution in [3.05, 3.63) is 29.3 Å². The number of aryl methyl sites for hydroxylation is 2. The Kier molecular flexibility index (Phi) is 4.74. The fourth-order valence-electron chi connectivity index (χ4n) is 6.02. The Labute approximate surface area is 168 Å². The van der Waals surface area contributed by atoms with Crippen LogP contribution in [0, 0.1) is 17.8 Å². The molecule has 2 bridgehead atoms. The summed E-state index contributed by atoms with van der Waals surface area (Å²) in [5, 5.41) is 0. The van der Waals surface area contributed by atoms with Crippen molar-refractivity contribution in [1.29, 1.82) is 0 Å². The minimum absolute atomic E-state index is 0.229. The molecule has 0 unspecified atom stereocenters. The van der Waals surface area contributed by atoms with Crippen molar-refractivity contribution in [1.82, 2.24) is 9.21 Å². The molecule has 0 aromatic heterocycles. The summed E-state index contributed by atoms with van der Waals surface area (Å²) >= 11 is 0. The molecule has 1 saturated heterocycles. The van der Waals surface area contributed by atoms with E-state index < -0.39 is 10.0 Å². The predicted molar refractivity (Wildman–Crippen MR) is 107 cm³/mol. The third-order valence-corrected chi connectivity index (χ3v) is 9.52. The molecule has 0 N–H and O–H groups in total. The first-order valence-corrected chi connectivity index (χ1v) is 12.3. The number of hydrogen-bond donors (Lipinski definition) is 0. The molecule has 0 radical (unpaired) electrons. The molecule has 5 rings (SSSR count). The van der Waals surface area contributed by atoms with Crippen molar-refractivity contribution < 1.29 is 13.2 Å². The zero-order valence-corrected chi connectivity index (χ0v) is 17.3. The van der Waals surface area contributed by atoms with Crippen LogP contribution in [-0.2, 0) is 27.7 Å². The van der Waals surface area contributed by atoms with Crippen molar-refractivity contribution in [2.75, 3.05) is 26.2 Å². The predicted octanol–water partition coefficient (Wildman–Crippen LogP) is 2.83. The largest absolute Gasteiger partial charge is 0.340 e. The van der Waals surface area contributed by atoms with Gasteiger partial charge in [0.15, 0.2) is 0 Å². The quantitative estimate of drug-likeness (QED) is 0.778. The van der Waals surface area contributed by atoms with Gasteiger partial charge in [0.05, 0.1) is 4.90 Å². The fourth-order valence-corrected chi connectivity index (χ4v) is 7.49. The van der Waals surface area contributed by atoms with Crippen molar-refractivity contribution in [3.8, 4) is 0 Å². The number of carbonyl (C=O) groups excluding carboxylic acids is 1. The Hall–Kier alpha value is -1.40. The van der Waals surface area contributed by atoms with Crippen LogP contribution in [-0.4, -0.2) is 49.7 Å². The number of carbonyl (C=O) groups is 1. The van der Waals surface area contributed by atoms with Crippen LogP contribution in [0.4, 0.5) is 0 Å². The van der Waals surface area contributed by atoms with Crippen LogP contribution in [0.15, 0.2) is 23.1 Å². The van der Waals surface area contributed by atoms with Crippen molar-refractivity contribution in [2.24, 2.45) is 17.8 Å². The third kappa shape index (κ3) is 3.28. The van der Waals surface area contributed by atoms with Gasteiger partial charge in [0.2, 0.25) is 15.9 Å². The first-order chi connectivity index (χ1) is 13.5. The zero-order valence-electron chi connectivity index (χ0n) is 16.5. The van der Waals surface area contributed by atoms with Crippen molar-refractivity contribution in [2.45, 2.75) is 56.3 Å². The summed E-state index contributed by atoms with van der Waals surface area (Å²) in [4.78, 5) is 15.0. The van der Waals surface area contributed by atoms with E-state index in [-0.39, 0.29) is 5.91 Å². The van der Waals surface area contributed by atoms with Gasteiger partial charge in [-0.3, -0.25) is 4.79 Å². The first-order valence-electron chi connectivity index (χ1n) is 10.9. The molecule has 4 aliphatic rings. The highest BCUT2D eigenvalue weighted by Gasteiger charge is 2.41. The molecule has 2 saturated carbocycles. The molecule has 1 aromatic rings. The molecule has 3 aliphatic carbocycles. The molecule has 3 fully saturated rings. The molecule has 1 aliphatic heterocycles. The monoisotopic (exact) mass is 402 g/mol. The summed E-state index contributed by atoms with van der Waals surface area (Å²) in [5.74, 6) is 2.42. The van der Waals surface area contributed by atoms with E-state index in [2.05, 4.69) is 0 Å². The van der Waals surface area contributed by atoms with E-state index in [1.54, 1.807) is 10.4 Å².